The number of hydrogen-bond donors (Lipinski definition) is 2. The van der Waals surface area contributed by atoms with Gasteiger partial charge in [0.05, 0.1) is 10.7 Å². The summed E-state index contributed by atoms with van der Waals surface area (Å²) in [7, 11) is 0. The maximum absolute atomic E-state index is 9.00. The number of fused-ring (bicyclic) bond motifs is 1. The van der Waals surface area contributed by atoms with Crippen molar-refractivity contribution in [3.8, 4) is 6.07 Å². The minimum atomic E-state index is 0.253. The summed E-state index contributed by atoms with van der Waals surface area (Å²) >= 11 is 3.27. The molecule has 1 atom stereocenters. The molecule has 3 N–H and O–H groups in total. The number of pyridine rings is 1. The van der Waals surface area contributed by atoms with Crippen LogP contribution in [0.3, 0.4) is 0 Å². The third-order valence-corrected chi connectivity index (χ3v) is 6.67. The fourth-order valence-electron chi connectivity index (χ4n) is 4.34. The van der Waals surface area contributed by atoms with Gasteiger partial charge in [0.15, 0.2) is 5.58 Å². The van der Waals surface area contributed by atoms with Gasteiger partial charge in [0, 0.05) is 30.6 Å². The highest BCUT2D eigenvalue weighted by molar-refractivity contribution is 9.10. The zero-order chi connectivity index (χ0) is 19.9. The highest BCUT2D eigenvalue weighted by atomic mass is 79.9. The summed E-state index contributed by atoms with van der Waals surface area (Å²) in [6.07, 6.45) is 12.4. The number of aromatic nitrogens is 1. The molecule has 7 heteroatoms. The van der Waals surface area contributed by atoms with Crippen LogP contribution in [0.15, 0.2) is 21.2 Å². The van der Waals surface area contributed by atoms with Crippen molar-refractivity contribution in [3.05, 3.63) is 22.5 Å². The van der Waals surface area contributed by atoms with Crippen molar-refractivity contribution in [2.24, 2.45) is 5.92 Å². The Morgan fingerprint density at radius 2 is 2.07 bits per heavy atom. The molecule has 1 unspecified atom stereocenters. The van der Waals surface area contributed by atoms with Crippen molar-refractivity contribution >= 4 is 32.7 Å². The zero-order valence-corrected chi connectivity index (χ0v) is 17.8. The number of halogens is 1. The molecule has 1 aliphatic heterocycles. The third-order valence-electron chi connectivity index (χ3n) is 5.83. The van der Waals surface area contributed by atoms with Crippen molar-refractivity contribution in [3.63, 3.8) is 0 Å². The highest BCUT2D eigenvalue weighted by Gasteiger charge is 2.26. The quantitative estimate of drug-likeness (QED) is 0.718. The first-order chi connectivity index (χ1) is 13.6. The van der Waals surface area contributed by atoms with E-state index in [-0.39, 0.29) is 5.76 Å². The number of furan rings is 1. The number of nitriles is 1. The SMILES string of the molecule is N#Cc1cc2c(Br)c(N)ncc2o1.OCCC1CCCN(C2CCCCC2)C1. The predicted molar refractivity (Wildman–Crippen MR) is 114 cm³/mol. The van der Waals surface area contributed by atoms with E-state index in [1.807, 2.05) is 6.07 Å². The lowest BCUT2D eigenvalue weighted by atomic mass is 9.89. The molecule has 0 bridgehead atoms. The van der Waals surface area contributed by atoms with Gasteiger partial charge in [0.1, 0.15) is 11.9 Å². The van der Waals surface area contributed by atoms with Gasteiger partial charge in [0.25, 0.3) is 0 Å². The van der Waals surface area contributed by atoms with Crippen LogP contribution >= 0.6 is 15.9 Å². The third kappa shape index (κ3) is 5.25. The molecule has 0 spiro atoms. The van der Waals surface area contributed by atoms with Crippen LogP contribution < -0.4 is 5.73 Å². The Labute approximate surface area is 174 Å². The highest BCUT2D eigenvalue weighted by Crippen LogP contribution is 2.30. The zero-order valence-electron chi connectivity index (χ0n) is 16.2. The topological polar surface area (TPSA) is 99.3 Å². The molecule has 28 heavy (non-hydrogen) atoms. The van der Waals surface area contributed by atoms with E-state index >= 15 is 0 Å². The van der Waals surface area contributed by atoms with E-state index in [9.17, 15) is 0 Å². The van der Waals surface area contributed by atoms with Crippen LogP contribution in [0.2, 0.25) is 0 Å². The van der Waals surface area contributed by atoms with E-state index in [2.05, 4.69) is 25.8 Å². The van der Waals surface area contributed by atoms with Crippen molar-refractivity contribution in [1.29, 1.82) is 5.26 Å². The number of nitrogens with two attached hydrogens (primary N) is 1. The number of nitrogen functional groups attached to an aromatic ring is 1. The molecule has 2 aromatic rings. The lowest BCUT2D eigenvalue weighted by Crippen LogP contribution is -2.43. The lowest BCUT2D eigenvalue weighted by molar-refractivity contribution is 0.0876. The Kier molecular flexibility index (Phi) is 7.72. The minimum absolute atomic E-state index is 0.253. The molecular formula is C21H29BrN4O2. The average Bonchev–Trinajstić information content (AvgIpc) is 3.17. The molecule has 2 aliphatic rings. The monoisotopic (exact) mass is 448 g/mol. The molecule has 0 aromatic carbocycles. The molecule has 2 fully saturated rings. The van der Waals surface area contributed by atoms with Gasteiger partial charge >= 0.3 is 0 Å². The van der Waals surface area contributed by atoms with E-state index in [4.69, 9.17) is 20.5 Å². The summed E-state index contributed by atoms with van der Waals surface area (Å²) in [6.45, 7) is 2.95. The van der Waals surface area contributed by atoms with E-state index < -0.39 is 0 Å². The Bertz CT molecular complexity index is 809. The number of hydrogen-bond acceptors (Lipinski definition) is 6. The number of likely N-dealkylation sites (tertiary alicyclic amines) is 1. The summed E-state index contributed by atoms with van der Waals surface area (Å²) in [5.74, 6) is 1.41. The summed E-state index contributed by atoms with van der Waals surface area (Å²) in [5, 5.41) is 18.4. The smallest absolute Gasteiger partial charge is 0.204 e. The molecule has 3 heterocycles. The van der Waals surface area contributed by atoms with Crippen molar-refractivity contribution in [1.82, 2.24) is 9.88 Å². The summed E-state index contributed by atoms with van der Waals surface area (Å²) < 4.78 is 5.81. The van der Waals surface area contributed by atoms with Crippen LogP contribution in [0.4, 0.5) is 5.82 Å². The Hall–Kier alpha value is -1.62. The van der Waals surface area contributed by atoms with Gasteiger partial charge < -0.3 is 20.2 Å². The van der Waals surface area contributed by atoms with Crippen LogP contribution in [0.1, 0.15) is 57.1 Å². The van der Waals surface area contributed by atoms with Crippen LogP contribution in [-0.4, -0.2) is 40.7 Å². The molecule has 4 rings (SSSR count). The van der Waals surface area contributed by atoms with Crippen LogP contribution in [0, 0.1) is 17.2 Å². The molecule has 0 radical (unpaired) electrons. The molecule has 1 aliphatic carbocycles. The van der Waals surface area contributed by atoms with E-state index in [1.54, 1.807) is 6.07 Å². The first-order valence-corrected chi connectivity index (χ1v) is 11.0. The Morgan fingerprint density at radius 3 is 2.79 bits per heavy atom. The summed E-state index contributed by atoms with van der Waals surface area (Å²) in [5.41, 5.74) is 6.11. The normalized spacial score (nSPS) is 21.1. The van der Waals surface area contributed by atoms with Gasteiger partial charge in [-0.25, -0.2) is 4.98 Å². The van der Waals surface area contributed by atoms with Gasteiger partial charge in [0.2, 0.25) is 5.76 Å². The number of anilines is 1. The first kappa shape index (κ1) is 21.1. The fraction of sp³-hybridized carbons (Fsp3) is 0.619. The van der Waals surface area contributed by atoms with Crippen LogP contribution in [0.5, 0.6) is 0 Å². The molecule has 0 amide bonds. The molecule has 152 valence electrons. The fourth-order valence-corrected chi connectivity index (χ4v) is 4.76. The predicted octanol–water partition coefficient (Wildman–Crippen LogP) is 4.46. The van der Waals surface area contributed by atoms with Gasteiger partial charge in [-0.1, -0.05) is 19.3 Å². The van der Waals surface area contributed by atoms with Gasteiger partial charge in [-0.15, -0.1) is 0 Å². The summed E-state index contributed by atoms with van der Waals surface area (Å²) in [4.78, 5) is 6.59. The van der Waals surface area contributed by atoms with Crippen molar-refractivity contribution in [2.45, 2.75) is 57.4 Å². The molecular weight excluding hydrogens is 420 g/mol. The van der Waals surface area contributed by atoms with Crippen molar-refractivity contribution in [2.75, 3.05) is 25.4 Å². The number of piperidine rings is 1. The van der Waals surface area contributed by atoms with E-state index in [1.165, 1.54) is 64.2 Å². The maximum atomic E-state index is 9.00. The van der Waals surface area contributed by atoms with Gasteiger partial charge in [-0.2, -0.15) is 5.26 Å². The first-order valence-electron chi connectivity index (χ1n) is 10.2. The second-order valence-electron chi connectivity index (χ2n) is 7.77. The Morgan fingerprint density at radius 1 is 1.29 bits per heavy atom. The second-order valence-corrected chi connectivity index (χ2v) is 8.56. The minimum Gasteiger partial charge on any atom is -0.444 e. The molecule has 2 aromatic heterocycles. The van der Waals surface area contributed by atoms with Gasteiger partial charge in [-0.05, 0) is 60.5 Å². The van der Waals surface area contributed by atoms with E-state index in [0.29, 0.717) is 22.5 Å². The second kappa shape index (κ2) is 10.2. The molecule has 6 nitrogen and oxygen atoms in total. The number of aliphatic hydroxyl groups is 1. The van der Waals surface area contributed by atoms with E-state index in [0.717, 1.165) is 23.8 Å². The summed E-state index contributed by atoms with van der Waals surface area (Å²) in [6, 6.07) is 4.40. The Balaban J connectivity index is 0.000000162. The van der Waals surface area contributed by atoms with Crippen molar-refractivity contribution < 1.29 is 9.52 Å². The van der Waals surface area contributed by atoms with Crippen LogP contribution in [-0.2, 0) is 0 Å². The number of rotatable bonds is 3. The molecule has 1 saturated carbocycles. The molecule has 1 saturated heterocycles. The average molecular weight is 449 g/mol. The standard InChI is InChI=1S/C13H25NO.C8H4BrN3O/c15-10-8-12-5-4-9-14(11-12)13-6-2-1-3-7-13;9-7-5-1-4(2-10)13-6(5)3-12-8(7)11/h12-13,15H,1-11H2;1,3H,(H2,11,12). The maximum Gasteiger partial charge on any atom is 0.204 e. The largest absolute Gasteiger partial charge is 0.444 e. The lowest BCUT2D eigenvalue weighted by Gasteiger charge is -2.40. The number of nitrogens with zero attached hydrogens (tertiary/aromatic N) is 3. The van der Waals surface area contributed by atoms with Crippen LogP contribution in [0.25, 0.3) is 11.0 Å². The number of aliphatic hydroxyl groups excluding tert-OH is 1. The van der Waals surface area contributed by atoms with Gasteiger partial charge in [-0.3, -0.25) is 0 Å².